The van der Waals surface area contributed by atoms with Crippen molar-refractivity contribution in [2.45, 2.75) is 26.2 Å². The zero-order valence-electron chi connectivity index (χ0n) is 11.3. The largest absolute Gasteiger partial charge is 0.462 e. The Hall–Kier alpha value is -1.27. The van der Waals surface area contributed by atoms with Gasteiger partial charge in [0.2, 0.25) is 0 Å². The summed E-state index contributed by atoms with van der Waals surface area (Å²) in [7, 11) is 0. The molecule has 1 aromatic heterocycles. The van der Waals surface area contributed by atoms with Crippen molar-refractivity contribution < 1.29 is 4.74 Å². The predicted molar refractivity (Wildman–Crippen MR) is 78.4 cm³/mol. The van der Waals surface area contributed by atoms with Crippen molar-refractivity contribution >= 4 is 17.2 Å². The number of thiocarbonyl (C=S) groups is 1. The van der Waals surface area contributed by atoms with E-state index >= 15 is 0 Å². The minimum Gasteiger partial charge on any atom is -0.462 e. The van der Waals surface area contributed by atoms with E-state index in [1.54, 1.807) is 6.07 Å². The number of aromatic nitrogens is 2. The Balaban J connectivity index is 1.86. The Labute approximate surface area is 119 Å². The van der Waals surface area contributed by atoms with Gasteiger partial charge in [-0.25, -0.2) is 4.98 Å². The molecule has 1 saturated heterocycles. The van der Waals surface area contributed by atoms with Crippen LogP contribution in [0.15, 0.2) is 6.07 Å². The highest BCUT2D eigenvalue weighted by Gasteiger charge is 2.10. The molecule has 2 N–H and O–H groups in total. The highest BCUT2D eigenvalue weighted by atomic mass is 32.1. The van der Waals surface area contributed by atoms with E-state index in [1.165, 1.54) is 19.3 Å². The molecule has 0 atom stereocenters. The smallest absolute Gasteiger partial charge is 0.317 e. The zero-order valence-corrected chi connectivity index (χ0v) is 12.1. The molecule has 0 saturated carbocycles. The van der Waals surface area contributed by atoms with E-state index in [4.69, 9.17) is 22.7 Å². The predicted octanol–water partition coefficient (Wildman–Crippen LogP) is 1.28. The van der Waals surface area contributed by atoms with E-state index in [0.717, 1.165) is 25.3 Å². The fourth-order valence-electron chi connectivity index (χ4n) is 2.18. The molecule has 1 fully saturated rings. The van der Waals surface area contributed by atoms with E-state index < -0.39 is 0 Å². The monoisotopic (exact) mass is 280 g/mol. The summed E-state index contributed by atoms with van der Waals surface area (Å²) in [6, 6.07) is 2.12. The van der Waals surface area contributed by atoms with Crippen molar-refractivity contribution in [2.24, 2.45) is 5.73 Å². The second kappa shape index (κ2) is 6.77. The second-order valence-corrected chi connectivity index (χ2v) is 5.23. The zero-order chi connectivity index (χ0) is 13.7. The third kappa shape index (κ3) is 4.40. The minimum atomic E-state index is 0.270. The first-order valence-corrected chi connectivity index (χ1v) is 7.06. The highest BCUT2D eigenvalue weighted by Crippen LogP contribution is 2.09. The molecule has 0 bridgehead atoms. The molecule has 0 aromatic carbocycles. The van der Waals surface area contributed by atoms with Crippen molar-refractivity contribution in [1.82, 2.24) is 14.9 Å². The Kier molecular flexibility index (Phi) is 5.04. The van der Waals surface area contributed by atoms with Crippen LogP contribution in [-0.2, 0) is 0 Å². The quantitative estimate of drug-likeness (QED) is 0.820. The van der Waals surface area contributed by atoms with Crippen LogP contribution in [0.4, 0.5) is 0 Å². The first-order chi connectivity index (χ1) is 9.15. The van der Waals surface area contributed by atoms with Crippen molar-refractivity contribution in [3.63, 3.8) is 0 Å². The van der Waals surface area contributed by atoms with Gasteiger partial charge in [0, 0.05) is 12.2 Å². The van der Waals surface area contributed by atoms with E-state index in [1.807, 2.05) is 6.92 Å². The number of nitrogens with zero attached hydrogens (tertiary/aromatic N) is 3. The molecule has 0 radical (unpaired) electrons. The highest BCUT2D eigenvalue weighted by molar-refractivity contribution is 7.80. The standard InChI is InChI=1S/C13H20N4OS/c1-10-9-11(12(14)19)16-13(15-10)18-8-7-17-5-3-2-4-6-17/h9H,2-8H2,1H3,(H2,14,19). The molecule has 0 amide bonds. The van der Waals surface area contributed by atoms with Crippen LogP contribution in [0.5, 0.6) is 6.01 Å². The topological polar surface area (TPSA) is 64.3 Å². The Morgan fingerprint density at radius 3 is 2.79 bits per heavy atom. The molecule has 1 aliphatic heterocycles. The van der Waals surface area contributed by atoms with Crippen LogP contribution in [-0.4, -0.2) is 46.1 Å². The SMILES string of the molecule is Cc1cc(C(N)=S)nc(OCCN2CCCCC2)n1. The molecule has 104 valence electrons. The number of likely N-dealkylation sites (tertiary alicyclic amines) is 1. The van der Waals surface area contributed by atoms with Gasteiger partial charge in [-0.05, 0) is 38.9 Å². The van der Waals surface area contributed by atoms with Gasteiger partial charge in [0.15, 0.2) is 0 Å². The summed E-state index contributed by atoms with van der Waals surface area (Å²) in [5, 5.41) is 0. The van der Waals surface area contributed by atoms with Gasteiger partial charge in [0.1, 0.15) is 17.3 Å². The van der Waals surface area contributed by atoms with E-state index in [0.29, 0.717) is 18.3 Å². The van der Waals surface area contributed by atoms with Crippen molar-refractivity contribution in [2.75, 3.05) is 26.2 Å². The summed E-state index contributed by atoms with van der Waals surface area (Å²) in [6.07, 6.45) is 3.91. The minimum absolute atomic E-state index is 0.270. The van der Waals surface area contributed by atoms with Crippen molar-refractivity contribution in [1.29, 1.82) is 0 Å². The first kappa shape index (κ1) is 14.1. The number of hydrogen-bond donors (Lipinski definition) is 1. The van der Waals surface area contributed by atoms with Gasteiger partial charge in [-0.1, -0.05) is 18.6 Å². The maximum Gasteiger partial charge on any atom is 0.317 e. The maximum absolute atomic E-state index is 5.60. The van der Waals surface area contributed by atoms with Crippen LogP contribution in [0.1, 0.15) is 30.7 Å². The summed E-state index contributed by atoms with van der Waals surface area (Å²) in [5.74, 6) is 0. The number of nitrogens with two attached hydrogens (primary N) is 1. The lowest BCUT2D eigenvalue weighted by molar-refractivity contribution is 0.177. The molecule has 19 heavy (non-hydrogen) atoms. The molecule has 2 heterocycles. The number of piperidine rings is 1. The number of ether oxygens (including phenoxy) is 1. The van der Waals surface area contributed by atoms with E-state index in [-0.39, 0.29) is 4.99 Å². The maximum atomic E-state index is 5.60. The number of hydrogen-bond acceptors (Lipinski definition) is 5. The molecular formula is C13H20N4OS. The molecule has 1 aromatic rings. The van der Waals surface area contributed by atoms with Gasteiger partial charge in [-0.2, -0.15) is 4.98 Å². The summed E-state index contributed by atoms with van der Waals surface area (Å²) < 4.78 is 5.60. The molecule has 0 unspecified atom stereocenters. The first-order valence-electron chi connectivity index (χ1n) is 6.66. The third-order valence-electron chi connectivity index (χ3n) is 3.17. The van der Waals surface area contributed by atoms with Crippen LogP contribution in [0.25, 0.3) is 0 Å². The van der Waals surface area contributed by atoms with Crippen LogP contribution >= 0.6 is 12.2 Å². The van der Waals surface area contributed by atoms with Crippen LogP contribution < -0.4 is 10.5 Å². The molecular weight excluding hydrogens is 260 g/mol. The molecule has 2 rings (SSSR count). The van der Waals surface area contributed by atoms with E-state index in [9.17, 15) is 0 Å². The van der Waals surface area contributed by atoms with Crippen LogP contribution in [0.2, 0.25) is 0 Å². The molecule has 6 heteroatoms. The van der Waals surface area contributed by atoms with Crippen molar-refractivity contribution in [3.8, 4) is 6.01 Å². The lowest BCUT2D eigenvalue weighted by Crippen LogP contribution is -2.33. The average Bonchev–Trinajstić information content (AvgIpc) is 2.39. The lowest BCUT2D eigenvalue weighted by Gasteiger charge is -2.25. The summed E-state index contributed by atoms with van der Waals surface area (Å²) >= 11 is 4.92. The fourth-order valence-corrected chi connectivity index (χ4v) is 2.29. The Morgan fingerprint density at radius 2 is 2.11 bits per heavy atom. The van der Waals surface area contributed by atoms with Gasteiger partial charge in [0.25, 0.3) is 0 Å². The van der Waals surface area contributed by atoms with Gasteiger partial charge in [-0.3, -0.25) is 4.90 Å². The van der Waals surface area contributed by atoms with Crippen molar-refractivity contribution in [3.05, 3.63) is 17.5 Å². The Morgan fingerprint density at radius 1 is 1.37 bits per heavy atom. The fraction of sp³-hybridized carbons (Fsp3) is 0.615. The third-order valence-corrected chi connectivity index (χ3v) is 3.38. The van der Waals surface area contributed by atoms with Crippen LogP contribution in [0, 0.1) is 6.92 Å². The molecule has 0 spiro atoms. The van der Waals surface area contributed by atoms with E-state index in [2.05, 4.69) is 14.9 Å². The molecule has 0 aliphatic carbocycles. The van der Waals surface area contributed by atoms with Gasteiger partial charge in [-0.15, -0.1) is 0 Å². The number of rotatable bonds is 5. The van der Waals surface area contributed by atoms with Gasteiger partial charge in [0.05, 0.1) is 0 Å². The lowest BCUT2D eigenvalue weighted by atomic mass is 10.1. The summed E-state index contributed by atoms with van der Waals surface area (Å²) in [4.78, 5) is 11.1. The Bertz CT molecular complexity index is 446. The summed E-state index contributed by atoms with van der Waals surface area (Å²) in [5.41, 5.74) is 6.95. The second-order valence-electron chi connectivity index (χ2n) is 4.79. The molecule has 5 nitrogen and oxygen atoms in total. The van der Waals surface area contributed by atoms with Gasteiger partial charge < -0.3 is 10.5 Å². The normalized spacial score (nSPS) is 16.3. The summed E-state index contributed by atoms with van der Waals surface area (Å²) in [6.45, 7) is 5.72. The average molecular weight is 280 g/mol. The number of aryl methyl sites for hydroxylation is 1. The molecule has 1 aliphatic rings. The van der Waals surface area contributed by atoms with Gasteiger partial charge >= 0.3 is 6.01 Å². The van der Waals surface area contributed by atoms with Crippen LogP contribution in [0.3, 0.4) is 0 Å².